The zero-order chi connectivity index (χ0) is 13.8. The van der Waals surface area contributed by atoms with Crippen LogP contribution < -0.4 is 4.74 Å². The number of benzene rings is 1. The van der Waals surface area contributed by atoms with E-state index in [1.807, 2.05) is 0 Å². The molecule has 0 fully saturated rings. The van der Waals surface area contributed by atoms with Crippen LogP contribution in [0, 0.1) is 0 Å². The standard InChI is InChI=1S/C11H9F3O4/c1-2-17-10(16)9-5-8(18-11(12,13)14)4-3-7(9)6-15/h3-6H,2H2,1H3. The van der Waals surface area contributed by atoms with Crippen LogP contribution >= 0.6 is 0 Å². The van der Waals surface area contributed by atoms with Crippen LogP contribution in [-0.4, -0.2) is 25.2 Å². The van der Waals surface area contributed by atoms with E-state index in [0.29, 0.717) is 6.29 Å². The number of rotatable bonds is 4. The van der Waals surface area contributed by atoms with Gasteiger partial charge in [-0.1, -0.05) is 0 Å². The molecule has 0 heterocycles. The van der Waals surface area contributed by atoms with Gasteiger partial charge in [0.05, 0.1) is 12.2 Å². The highest BCUT2D eigenvalue weighted by Gasteiger charge is 2.31. The molecular weight excluding hydrogens is 253 g/mol. The van der Waals surface area contributed by atoms with Crippen LogP contribution in [0.3, 0.4) is 0 Å². The molecule has 0 amide bonds. The van der Waals surface area contributed by atoms with Gasteiger partial charge in [0.2, 0.25) is 0 Å². The average Bonchev–Trinajstić information content (AvgIpc) is 2.27. The summed E-state index contributed by atoms with van der Waals surface area (Å²) in [7, 11) is 0. The summed E-state index contributed by atoms with van der Waals surface area (Å²) in [5.74, 6) is -1.47. The van der Waals surface area contributed by atoms with Gasteiger partial charge in [-0.25, -0.2) is 4.79 Å². The average molecular weight is 262 g/mol. The lowest BCUT2D eigenvalue weighted by atomic mass is 10.1. The van der Waals surface area contributed by atoms with Gasteiger partial charge in [-0.15, -0.1) is 13.2 Å². The molecule has 18 heavy (non-hydrogen) atoms. The quantitative estimate of drug-likeness (QED) is 0.618. The zero-order valence-corrected chi connectivity index (χ0v) is 9.28. The van der Waals surface area contributed by atoms with E-state index >= 15 is 0 Å². The number of alkyl halides is 3. The Bertz CT molecular complexity index is 454. The highest BCUT2D eigenvalue weighted by atomic mass is 19.4. The molecule has 98 valence electrons. The molecule has 0 N–H and O–H groups in total. The molecule has 0 unspecified atom stereocenters. The molecule has 0 aliphatic heterocycles. The van der Waals surface area contributed by atoms with Crippen LogP contribution in [0.15, 0.2) is 18.2 Å². The van der Waals surface area contributed by atoms with E-state index < -0.39 is 18.1 Å². The van der Waals surface area contributed by atoms with E-state index in [1.54, 1.807) is 0 Å². The smallest absolute Gasteiger partial charge is 0.462 e. The summed E-state index contributed by atoms with van der Waals surface area (Å²) in [6, 6.07) is 2.81. The summed E-state index contributed by atoms with van der Waals surface area (Å²) in [5, 5.41) is 0. The summed E-state index contributed by atoms with van der Waals surface area (Å²) in [6.45, 7) is 1.58. The second kappa shape index (κ2) is 5.52. The minimum absolute atomic E-state index is 0.0431. The molecule has 0 saturated heterocycles. The first-order chi connectivity index (χ1) is 8.37. The molecule has 0 spiro atoms. The molecule has 1 aromatic carbocycles. The highest BCUT2D eigenvalue weighted by Crippen LogP contribution is 2.25. The van der Waals surface area contributed by atoms with Gasteiger partial charge in [0.25, 0.3) is 0 Å². The predicted octanol–water partition coefficient (Wildman–Crippen LogP) is 2.57. The number of halogens is 3. The van der Waals surface area contributed by atoms with Crippen molar-refractivity contribution in [1.82, 2.24) is 0 Å². The van der Waals surface area contributed by atoms with E-state index in [-0.39, 0.29) is 17.7 Å². The number of hydrogen-bond acceptors (Lipinski definition) is 4. The summed E-state index contributed by atoms with van der Waals surface area (Å²) in [6.07, 6.45) is -4.52. The molecule has 0 radical (unpaired) electrons. The van der Waals surface area contributed by atoms with Crippen molar-refractivity contribution in [3.8, 4) is 5.75 Å². The SMILES string of the molecule is CCOC(=O)c1cc(OC(F)(F)F)ccc1C=O. The van der Waals surface area contributed by atoms with Crippen molar-refractivity contribution in [2.24, 2.45) is 0 Å². The first-order valence-corrected chi connectivity index (χ1v) is 4.89. The molecule has 4 nitrogen and oxygen atoms in total. The number of aldehydes is 1. The summed E-state index contributed by atoms with van der Waals surface area (Å²) in [5.41, 5.74) is -0.337. The van der Waals surface area contributed by atoms with Gasteiger partial charge in [0.1, 0.15) is 5.75 Å². The van der Waals surface area contributed by atoms with Crippen LogP contribution in [0.4, 0.5) is 13.2 Å². The monoisotopic (exact) mass is 262 g/mol. The Hall–Kier alpha value is -2.05. The first kappa shape index (κ1) is 14.0. The van der Waals surface area contributed by atoms with Gasteiger partial charge in [-0.2, -0.15) is 0 Å². The van der Waals surface area contributed by atoms with E-state index in [4.69, 9.17) is 0 Å². The zero-order valence-electron chi connectivity index (χ0n) is 9.28. The van der Waals surface area contributed by atoms with Crippen molar-refractivity contribution >= 4 is 12.3 Å². The van der Waals surface area contributed by atoms with Gasteiger partial charge in [0.15, 0.2) is 6.29 Å². The normalized spacial score (nSPS) is 10.9. The number of carbonyl (C=O) groups excluding carboxylic acids is 2. The maximum Gasteiger partial charge on any atom is 0.573 e. The van der Waals surface area contributed by atoms with Crippen molar-refractivity contribution in [3.63, 3.8) is 0 Å². The van der Waals surface area contributed by atoms with Crippen molar-refractivity contribution < 1.29 is 32.2 Å². The molecular formula is C11H9F3O4. The Morgan fingerprint density at radius 1 is 1.39 bits per heavy atom. The lowest BCUT2D eigenvalue weighted by Crippen LogP contribution is -2.18. The molecule has 1 rings (SSSR count). The van der Waals surface area contributed by atoms with Gasteiger partial charge >= 0.3 is 12.3 Å². The summed E-state index contributed by atoms with van der Waals surface area (Å²) >= 11 is 0. The molecule has 0 bridgehead atoms. The lowest BCUT2D eigenvalue weighted by molar-refractivity contribution is -0.274. The van der Waals surface area contributed by atoms with E-state index in [1.165, 1.54) is 6.92 Å². The van der Waals surface area contributed by atoms with Gasteiger partial charge in [-0.05, 0) is 25.1 Å². The molecule has 0 aromatic heterocycles. The van der Waals surface area contributed by atoms with Crippen LogP contribution in [0.2, 0.25) is 0 Å². The maximum atomic E-state index is 12.0. The first-order valence-electron chi connectivity index (χ1n) is 4.89. The third kappa shape index (κ3) is 3.76. The Balaban J connectivity index is 3.09. The van der Waals surface area contributed by atoms with Crippen molar-refractivity contribution in [2.45, 2.75) is 13.3 Å². The predicted molar refractivity (Wildman–Crippen MR) is 54.5 cm³/mol. The van der Waals surface area contributed by atoms with E-state index in [9.17, 15) is 22.8 Å². The van der Waals surface area contributed by atoms with Gasteiger partial charge in [-0.3, -0.25) is 4.79 Å². The minimum atomic E-state index is -4.87. The number of hydrogen-bond donors (Lipinski definition) is 0. The lowest BCUT2D eigenvalue weighted by Gasteiger charge is -2.11. The number of esters is 1. The second-order valence-electron chi connectivity index (χ2n) is 3.14. The van der Waals surface area contributed by atoms with E-state index in [2.05, 4.69) is 9.47 Å². The minimum Gasteiger partial charge on any atom is -0.462 e. The molecule has 7 heteroatoms. The number of ether oxygens (including phenoxy) is 2. The van der Waals surface area contributed by atoms with Crippen molar-refractivity contribution in [1.29, 1.82) is 0 Å². The van der Waals surface area contributed by atoms with Crippen molar-refractivity contribution in [2.75, 3.05) is 6.61 Å². The topological polar surface area (TPSA) is 52.6 Å². The molecule has 0 saturated carbocycles. The summed E-state index contributed by atoms with van der Waals surface area (Å²) < 4.78 is 44.3. The van der Waals surface area contributed by atoms with Gasteiger partial charge < -0.3 is 9.47 Å². The third-order valence-electron chi connectivity index (χ3n) is 1.88. The molecule has 0 aliphatic carbocycles. The van der Waals surface area contributed by atoms with E-state index in [0.717, 1.165) is 18.2 Å². The summed E-state index contributed by atoms with van der Waals surface area (Å²) in [4.78, 5) is 22.1. The molecule has 0 atom stereocenters. The van der Waals surface area contributed by atoms with Crippen molar-refractivity contribution in [3.05, 3.63) is 29.3 Å². The van der Waals surface area contributed by atoms with Crippen LogP contribution in [0.1, 0.15) is 27.6 Å². The fraction of sp³-hybridized carbons (Fsp3) is 0.273. The molecule has 1 aromatic rings. The Kier molecular flexibility index (Phi) is 4.30. The Labute approximate surface area is 100 Å². The maximum absolute atomic E-state index is 12.0. The third-order valence-corrected chi connectivity index (χ3v) is 1.88. The van der Waals surface area contributed by atoms with Crippen LogP contribution in [-0.2, 0) is 4.74 Å². The Morgan fingerprint density at radius 3 is 2.56 bits per heavy atom. The second-order valence-corrected chi connectivity index (χ2v) is 3.14. The van der Waals surface area contributed by atoms with Crippen LogP contribution in [0.5, 0.6) is 5.75 Å². The molecule has 0 aliphatic rings. The van der Waals surface area contributed by atoms with Crippen LogP contribution in [0.25, 0.3) is 0 Å². The highest BCUT2D eigenvalue weighted by molar-refractivity contribution is 5.98. The fourth-order valence-electron chi connectivity index (χ4n) is 1.22. The fourth-order valence-corrected chi connectivity index (χ4v) is 1.22. The van der Waals surface area contributed by atoms with Gasteiger partial charge in [0, 0.05) is 5.56 Å². The number of carbonyl (C=O) groups is 2. The largest absolute Gasteiger partial charge is 0.573 e. The Morgan fingerprint density at radius 2 is 2.06 bits per heavy atom.